The zero-order valence-electron chi connectivity index (χ0n) is 13.8. The number of anilines is 1. The van der Waals surface area contributed by atoms with Crippen molar-refractivity contribution < 1.29 is 17.9 Å². The lowest BCUT2D eigenvalue weighted by Crippen LogP contribution is -2.12. The average molecular weight is 383 g/mol. The van der Waals surface area contributed by atoms with Gasteiger partial charge >= 0.3 is 16.5 Å². The maximum absolute atomic E-state index is 10.7. The number of hydrogen-bond donors (Lipinski definition) is 2. The van der Waals surface area contributed by atoms with Crippen LogP contribution in [-0.4, -0.2) is 32.4 Å². The first-order valence-corrected chi connectivity index (χ1v) is 8.70. The maximum Gasteiger partial charge on any atom is 0.348 e. The number of carbonyl (C=O) groups is 1. The number of guanidine groups is 1. The first kappa shape index (κ1) is 20.3. The van der Waals surface area contributed by atoms with Crippen molar-refractivity contribution >= 4 is 39.6 Å². The van der Waals surface area contributed by atoms with Crippen LogP contribution in [0.5, 0.6) is 0 Å². The van der Waals surface area contributed by atoms with Crippen LogP contribution in [0.1, 0.15) is 20.9 Å². The van der Waals surface area contributed by atoms with Gasteiger partial charge in [-0.05, 0) is 43.0 Å². The van der Waals surface area contributed by atoms with Gasteiger partial charge in [-0.25, -0.2) is 9.78 Å². The van der Waals surface area contributed by atoms with Gasteiger partial charge in [-0.2, -0.15) is 8.42 Å². The summed E-state index contributed by atoms with van der Waals surface area (Å²) in [5.74, 6) is 4.94. The number of aryl methyl sites for hydroxylation is 2. The van der Waals surface area contributed by atoms with Gasteiger partial charge in [-0.1, -0.05) is 10.4 Å². The van der Waals surface area contributed by atoms with Crippen molar-refractivity contribution in [2.24, 2.45) is 15.3 Å². The van der Waals surface area contributed by atoms with E-state index >= 15 is 0 Å². The third-order valence-corrected chi connectivity index (χ3v) is 3.70. The summed E-state index contributed by atoms with van der Waals surface area (Å²) in [6.45, 7) is 3.71. The number of rotatable bonds is 2. The van der Waals surface area contributed by atoms with E-state index in [9.17, 15) is 13.2 Å². The number of nitrogens with zero attached hydrogens (tertiary/aromatic N) is 3. The van der Waals surface area contributed by atoms with Crippen molar-refractivity contribution in [1.82, 2.24) is 4.98 Å². The summed E-state index contributed by atoms with van der Waals surface area (Å²) in [7, 11) is -1.23. The molecule has 0 aliphatic carbocycles. The Morgan fingerprint density at radius 1 is 1.36 bits per heavy atom. The van der Waals surface area contributed by atoms with Crippen LogP contribution in [0.2, 0.25) is 0 Å². The summed E-state index contributed by atoms with van der Waals surface area (Å²) >= 11 is 1.38. The number of hydrazone groups is 1. The van der Waals surface area contributed by atoms with Gasteiger partial charge in [0.05, 0.1) is 7.11 Å². The largest absolute Gasteiger partial charge is 0.465 e. The number of hydrogen-bond acceptors (Lipinski definition) is 8. The monoisotopic (exact) mass is 383 g/mol. The van der Waals surface area contributed by atoms with Crippen LogP contribution in [0.15, 0.2) is 39.1 Å². The highest BCUT2D eigenvalue weighted by molar-refractivity contribution is 7.62. The summed E-state index contributed by atoms with van der Waals surface area (Å²) in [6, 6.07) is 7.15. The minimum atomic E-state index is -2.61. The molecule has 11 heteroatoms. The molecule has 0 amide bonds. The van der Waals surface area contributed by atoms with Crippen LogP contribution in [-0.2, 0) is 15.2 Å². The summed E-state index contributed by atoms with van der Waals surface area (Å²) in [6.07, 6.45) is 0. The maximum atomic E-state index is 10.7. The van der Waals surface area contributed by atoms with Crippen LogP contribution >= 0.6 is 11.3 Å². The SMILES string of the molecule is COC(=O)c1cccs1.Cc1cc(C)nc(NC(=NN)N=S(=O)=O)c1. The Balaban J connectivity index is 0.000000293. The van der Waals surface area contributed by atoms with Crippen LogP contribution < -0.4 is 11.2 Å². The summed E-state index contributed by atoms with van der Waals surface area (Å²) in [5, 5.41) is 7.62. The van der Waals surface area contributed by atoms with Crippen molar-refractivity contribution in [3.63, 3.8) is 0 Å². The molecule has 0 saturated carbocycles. The molecule has 0 aliphatic rings. The highest BCUT2D eigenvalue weighted by Gasteiger charge is 2.03. The van der Waals surface area contributed by atoms with E-state index in [1.165, 1.54) is 18.4 Å². The molecular weight excluding hydrogens is 366 g/mol. The Morgan fingerprint density at radius 2 is 2.08 bits per heavy atom. The van der Waals surface area contributed by atoms with E-state index < -0.39 is 10.5 Å². The molecule has 2 aromatic rings. The van der Waals surface area contributed by atoms with Crippen LogP contribution in [0, 0.1) is 13.8 Å². The molecule has 0 bridgehead atoms. The van der Waals surface area contributed by atoms with Gasteiger partial charge in [0.2, 0.25) is 0 Å². The van der Waals surface area contributed by atoms with Gasteiger partial charge in [0, 0.05) is 5.69 Å². The molecule has 0 unspecified atom stereocenters. The van der Waals surface area contributed by atoms with Gasteiger partial charge < -0.3 is 15.9 Å². The van der Waals surface area contributed by atoms with E-state index in [0.29, 0.717) is 10.7 Å². The highest BCUT2D eigenvalue weighted by Crippen LogP contribution is 2.09. The normalized spacial score (nSPS) is 10.3. The van der Waals surface area contributed by atoms with Gasteiger partial charge in [0.25, 0.3) is 5.96 Å². The molecule has 0 aromatic carbocycles. The minimum Gasteiger partial charge on any atom is -0.465 e. The fourth-order valence-corrected chi connectivity index (χ4v) is 2.54. The number of nitrogens with two attached hydrogens (primary N) is 1. The second-order valence-corrected chi connectivity index (χ2v) is 6.09. The molecule has 9 nitrogen and oxygen atoms in total. The zero-order chi connectivity index (χ0) is 18.8. The number of aromatic nitrogens is 1. The Hall–Kier alpha value is -2.79. The molecule has 2 aromatic heterocycles. The first-order chi connectivity index (χ1) is 11.8. The highest BCUT2D eigenvalue weighted by atomic mass is 32.2. The lowest BCUT2D eigenvalue weighted by molar-refractivity contribution is 0.0606. The summed E-state index contributed by atoms with van der Waals surface area (Å²) in [5.41, 5.74) is 1.77. The van der Waals surface area contributed by atoms with Crippen molar-refractivity contribution in [1.29, 1.82) is 0 Å². The second kappa shape index (κ2) is 10.2. The average Bonchev–Trinajstić information content (AvgIpc) is 3.07. The molecule has 3 N–H and O–H groups in total. The van der Waals surface area contributed by atoms with Crippen LogP contribution in [0.4, 0.5) is 5.82 Å². The predicted molar refractivity (Wildman–Crippen MR) is 96.0 cm³/mol. The molecule has 134 valence electrons. The Bertz CT molecular complexity index is 848. The van der Waals surface area contributed by atoms with E-state index in [-0.39, 0.29) is 11.9 Å². The van der Waals surface area contributed by atoms with E-state index in [1.807, 2.05) is 31.4 Å². The number of carbonyl (C=O) groups excluding carboxylic acids is 1. The van der Waals surface area contributed by atoms with Gasteiger partial charge in [-0.3, -0.25) is 0 Å². The molecular formula is C14H17N5O4S2. The molecule has 0 aliphatic heterocycles. The number of esters is 1. The molecule has 0 atom stereocenters. The van der Waals surface area contributed by atoms with Gasteiger partial charge in [-0.15, -0.1) is 16.4 Å². The lowest BCUT2D eigenvalue weighted by atomic mass is 10.2. The third kappa shape index (κ3) is 7.54. The Labute approximate surface area is 150 Å². The van der Waals surface area contributed by atoms with E-state index in [2.05, 4.69) is 24.5 Å². The number of thiophene rings is 1. The molecule has 2 rings (SSSR count). The fourth-order valence-electron chi connectivity index (χ4n) is 1.66. The smallest absolute Gasteiger partial charge is 0.348 e. The molecule has 2 heterocycles. The fraction of sp³-hybridized carbons (Fsp3) is 0.214. The van der Waals surface area contributed by atoms with E-state index in [0.717, 1.165) is 11.3 Å². The molecule has 0 saturated heterocycles. The Morgan fingerprint density at radius 3 is 2.56 bits per heavy atom. The topological polar surface area (TPSA) is 136 Å². The van der Waals surface area contributed by atoms with Crippen molar-refractivity contribution in [2.45, 2.75) is 13.8 Å². The lowest BCUT2D eigenvalue weighted by Gasteiger charge is -2.04. The first-order valence-electron chi connectivity index (χ1n) is 6.78. The summed E-state index contributed by atoms with van der Waals surface area (Å²) in [4.78, 5) is 15.4. The molecule has 0 fully saturated rings. The van der Waals surface area contributed by atoms with Crippen LogP contribution in [0.3, 0.4) is 0 Å². The Kier molecular flexibility index (Phi) is 8.23. The number of methoxy groups -OCH3 is 1. The van der Waals surface area contributed by atoms with Gasteiger partial charge in [0.1, 0.15) is 10.7 Å². The van der Waals surface area contributed by atoms with E-state index in [4.69, 9.17) is 5.84 Å². The quantitative estimate of drug-likeness (QED) is 0.266. The van der Waals surface area contributed by atoms with Crippen molar-refractivity contribution in [2.75, 3.05) is 12.4 Å². The van der Waals surface area contributed by atoms with Crippen LogP contribution in [0.25, 0.3) is 0 Å². The third-order valence-electron chi connectivity index (χ3n) is 2.53. The second-order valence-electron chi connectivity index (χ2n) is 4.53. The van der Waals surface area contributed by atoms with Gasteiger partial charge in [0.15, 0.2) is 0 Å². The van der Waals surface area contributed by atoms with Crippen molar-refractivity contribution in [3.8, 4) is 0 Å². The van der Waals surface area contributed by atoms with E-state index in [1.54, 1.807) is 12.1 Å². The number of ether oxygens (including phenoxy) is 1. The predicted octanol–water partition coefficient (Wildman–Crippen LogP) is 1.94. The standard InChI is InChI=1S/C8H11N5O2S.C6H6O2S/c1-5-3-6(2)10-7(4-5)11-8(12-9)13-16(14)15;1-8-6(7)5-3-2-4-9-5/h3-4H,9H2,1-2H3,(H,10,11,12);2-4H,1H3. The molecule has 0 spiro atoms. The molecule has 0 radical (unpaired) electrons. The zero-order valence-corrected chi connectivity index (χ0v) is 15.4. The number of pyridine rings is 1. The number of nitrogens with one attached hydrogen (secondary N) is 1. The minimum absolute atomic E-state index is 0.217. The van der Waals surface area contributed by atoms with Crippen molar-refractivity contribution in [3.05, 3.63) is 45.8 Å². The summed E-state index contributed by atoms with van der Waals surface area (Å²) < 4.78 is 28.3. The molecule has 25 heavy (non-hydrogen) atoms.